The van der Waals surface area contributed by atoms with E-state index in [4.69, 9.17) is 9.47 Å². The van der Waals surface area contributed by atoms with Crippen LogP contribution < -0.4 is 15.0 Å². The number of anilines is 3. The Morgan fingerprint density at radius 3 is 2.40 bits per heavy atom. The number of ether oxygens (including phenoxy) is 2. The maximum Gasteiger partial charge on any atom is 0.340 e. The monoisotopic (exact) mass is 560 g/mol. The summed E-state index contributed by atoms with van der Waals surface area (Å²) in [7, 11) is 2.14. The van der Waals surface area contributed by atoms with Crippen molar-refractivity contribution in [1.82, 2.24) is 0 Å². The zero-order valence-electron chi connectivity index (χ0n) is 25.1. The van der Waals surface area contributed by atoms with Crippen LogP contribution >= 0.6 is 0 Å². The maximum atomic E-state index is 13.3. The van der Waals surface area contributed by atoms with Gasteiger partial charge in [0.2, 0.25) is 0 Å². The van der Waals surface area contributed by atoms with E-state index in [9.17, 15) is 4.79 Å². The van der Waals surface area contributed by atoms with Crippen molar-refractivity contribution in [2.24, 2.45) is 0 Å². The number of aryl methyl sites for hydroxylation is 2. The second kappa shape index (κ2) is 11.6. The van der Waals surface area contributed by atoms with Crippen molar-refractivity contribution in [1.29, 1.82) is 0 Å². The van der Waals surface area contributed by atoms with Gasteiger partial charge in [0.1, 0.15) is 11.5 Å². The van der Waals surface area contributed by atoms with Gasteiger partial charge in [0.25, 0.3) is 0 Å². The van der Waals surface area contributed by atoms with Crippen molar-refractivity contribution in [3.8, 4) is 11.5 Å². The van der Waals surface area contributed by atoms with Gasteiger partial charge >= 0.3 is 5.97 Å². The number of esters is 1. The third-order valence-corrected chi connectivity index (χ3v) is 8.63. The summed E-state index contributed by atoms with van der Waals surface area (Å²) in [5, 5.41) is 3.59. The molecule has 42 heavy (non-hydrogen) atoms. The van der Waals surface area contributed by atoms with Crippen LogP contribution in [-0.4, -0.2) is 19.6 Å². The highest BCUT2D eigenvalue weighted by Crippen LogP contribution is 2.57. The molecule has 4 aromatic rings. The molecule has 1 unspecified atom stereocenters. The third-order valence-electron chi connectivity index (χ3n) is 8.63. The summed E-state index contributed by atoms with van der Waals surface area (Å²) in [5.74, 6) is 1.11. The Hall–Kier alpha value is -4.25. The number of benzene rings is 4. The molecular formula is C37H40N2O3. The van der Waals surface area contributed by atoms with Crippen LogP contribution in [0.5, 0.6) is 11.5 Å². The molecule has 2 aliphatic rings. The first-order valence-electron chi connectivity index (χ1n) is 15.3. The highest BCUT2D eigenvalue weighted by molar-refractivity contribution is 5.97. The topological polar surface area (TPSA) is 50.8 Å². The van der Waals surface area contributed by atoms with Crippen LogP contribution in [0, 0.1) is 13.8 Å². The zero-order valence-corrected chi connectivity index (χ0v) is 25.1. The number of unbranched alkanes of at least 4 members (excludes halogenated alkanes) is 5. The summed E-state index contributed by atoms with van der Waals surface area (Å²) in [6.07, 6.45) is 7.59. The number of rotatable bonds is 10. The van der Waals surface area contributed by atoms with Crippen molar-refractivity contribution >= 4 is 23.0 Å². The number of carbonyl (C=O) groups is 1. The van der Waals surface area contributed by atoms with Gasteiger partial charge in [-0.3, -0.25) is 0 Å². The van der Waals surface area contributed by atoms with Gasteiger partial charge in [-0.05, 0) is 73.9 Å². The summed E-state index contributed by atoms with van der Waals surface area (Å²) in [4.78, 5) is 15.6. The molecule has 0 bridgehead atoms. The maximum absolute atomic E-state index is 13.3. The third kappa shape index (κ3) is 5.02. The molecule has 0 saturated carbocycles. The number of fused-ring (bicyclic) bond motifs is 6. The minimum Gasteiger partial charge on any atom is -0.456 e. The number of hydrogen-bond acceptors (Lipinski definition) is 5. The molecule has 2 aliphatic heterocycles. The highest BCUT2D eigenvalue weighted by Gasteiger charge is 2.53. The average molecular weight is 561 g/mol. The van der Waals surface area contributed by atoms with Crippen LogP contribution in [0.4, 0.5) is 17.1 Å². The minimum atomic E-state index is -1.09. The molecule has 216 valence electrons. The fraction of sp³-hybridized carbons (Fsp3) is 0.324. The Morgan fingerprint density at radius 1 is 0.786 bits per heavy atom. The van der Waals surface area contributed by atoms with E-state index >= 15 is 0 Å². The lowest BCUT2D eigenvalue weighted by atomic mass is 9.77. The lowest BCUT2D eigenvalue weighted by molar-refractivity contribution is 0.0224. The van der Waals surface area contributed by atoms with Gasteiger partial charge in [-0.25, -0.2) is 4.79 Å². The Balaban J connectivity index is 1.39. The summed E-state index contributed by atoms with van der Waals surface area (Å²) in [5.41, 5.74) is 7.28. The molecular weight excluding hydrogens is 520 g/mol. The van der Waals surface area contributed by atoms with Crippen LogP contribution in [0.15, 0.2) is 78.9 Å². The fourth-order valence-corrected chi connectivity index (χ4v) is 6.32. The van der Waals surface area contributed by atoms with Crippen molar-refractivity contribution < 1.29 is 14.3 Å². The highest BCUT2D eigenvalue weighted by atomic mass is 16.6. The van der Waals surface area contributed by atoms with Crippen LogP contribution in [-0.2, 0) is 10.3 Å². The lowest BCUT2D eigenvalue weighted by Gasteiger charge is -2.37. The number of hydrogen-bond donors (Lipinski definition) is 1. The van der Waals surface area contributed by atoms with Crippen LogP contribution in [0.1, 0.15) is 83.6 Å². The lowest BCUT2D eigenvalue weighted by Crippen LogP contribution is -2.33. The van der Waals surface area contributed by atoms with Crippen LogP contribution in [0.2, 0.25) is 0 Å². The molecule has 0 radical (unpaired) electrons. The van der Waals surface area contributed by atoms with E-state index in [0.29, 0.717) is 11.3 Å². The quantitative estimate of drug-likeness (QED) is 0.155. The molecule has 6 rings (SSSR count). The minimum absolute atomic E-state index is 0.317. The van der Waals surface area contributed by atoms with Gasteiger partial charge in [0, 0.05) is 53.4 Å². The fourth-order valence-electron chi connectivity index (χ4n) is 6.32. The summed E-state index contributed by atoms with van der Waals surface area (Å²) < 4.78 is 13.1. The van der Waals surface area contributed by atoms with Gasteiger partial charge in [-0.2, -0.15) is 0 Å². The van der Waals surface area contributed by atoms with E-state index < -0.39 is 5.60 Å². The van der Waals surface area contributed by atoms with E-state index in [-0.39, 0.29) is 5.97 Å². The molecule has 1 atom stereocenters. The molecule has 0 fully saturated rings. The van der Waals surface area contributed by atoms with Crippen molar-refractivity contribution in [2.75, 3.05) is 23.8 Å². The molecule has 1 N–H and O–H groups in total. The molecule has 0 saturated heterocycles. The molecule has 0 amide bonds. The zero-order chi connectivity index (χ0) is 29.3. The second-order valence-corrected chi connectivity index (χ2v) is 11.7. The summed E-state index contributed by atoms with van der Waals surface area (Å²) in [6.45, 7) is 7.39. The first-order chi connectivity index (χ1) is 20.4. The van der Waals surface area contributed by atoms with Crippen molar-refractivity contribution in [3.63, 3.8) is 0 Å². The molecule has 0 aromatic heterocycles. The first-order valence-corrected chi connectivity index (χ1v) is 15.3. The van der Waals surface area contributed by atoms with Crippen molar-refractivity contribution in [2.45, 2.75) is 64.9 Å². The number of nitrogens with one attached hydrogen (secondary N) is 1. The molecule has 5 nitrogen and oxygen atoms in total. The normalized spacial score (nSPS) is 16.3. The van der Waals surface area contributed by atoms with E-state index in [2.05, 4.69) is 86.6 Å². The molecule has 0 aliphatic carbocycles. The van der Waals surface area contributed by atoms with E-state index in [1.165, 1.54) is 37.7 Å². The largest absolute Gasteiger partial charge is 0.456 e. The van der Waals surface area contributed by atoms with Gasteiger partial charge < -0.3 is 19.7 Å². The first kappa shape index (κ1) is 27.9. The molecule has 2 heterocycles. The number of carbonyl (C=O) groups excluding carboxylic acids is 1. The van der Waals surface area contributed by atoms with Gasteiger partial charge in [-0.1, -0.05) is 69.4 Å². The van der Waals surface area contributed by atoms with Gasteiger partial charge in [0.05, 0.1) is 5.56 Å². The Morgan fingerprint density at radius 2 is 1.57 bits per heavy atom. The Bertz CT molecular complexity index is 1630. The van der Waals surface area contributed by atoms with Crippen LogP contribution in [0.3, 0.4) is 0 Å². The van der Waals surface area contributed by atoms with Crippen molar-refractivity contribution in [3.05, 3.63) is 112 Å². The molecule has 4 aromatic carbocycles. The smallest absolute Gasteiger partial charge is 0.340 e. The van der Waals surface area contributed by atoms with Gasteiger partial charge in [-0.15, -0.1) is 0 Å². The molecule has 5 heteroatoms. The standard InChI is InChI=1S/C37H40N2O3/c1-5-6-7-8-9-12-20-39(4)28-18-19-31-35(23-28)41-34-22-26(3)33(38-27-15-13-14-25(2)21-27)24-32(34)37(31)30-17-11-10-16-29(30)36(40)42-37/h10-11,13-19,21-24,38H,5-9,12,20H2,1-4H3. The Kier molecular flexibility index (Phi) is 7.68. The van der Waals surface area contributed by atoms with E-state index in [1.807, 2.05) is 30.3 Å². The Labute approximate surface area is 249 Å². The van der Waals surface area contributed by atoms with Gasteiger partial charge in [0.15, 0.2) is 5.60 Å². The van der Waals surface area contributed by atoms with Crippen LogP contribution in [0.25, 0.3) is 0 Å². The SMILES string of the molecule is CCCCCCCCN(C)c1ccc2c(c1)Oc1cc(C)c(Nc3cccc(C)c3)cc1C21OC(=O)c2ccccc21. The molecule has 1 spiro atoms. The predicted molar refractivity (Wildman–Crippen MR) is 171 cm³/mol. The van der Waals surface area contributed by atoms with E-state index in [0.717, 1.165) is 58.0 Å². The summed E-state index contributed by atoms with van der Waals surface area (Å²) >= 11 is 0. The predicted octanol–water partition coefficient (Wildman–Crippen LogP) is 9.41. The number of nitrogens with zero attached hydrogens (tertiary/aromatic N) is 1. The summed E-state index contributed by atoms with van der Waals surface area (Å²) in [6, 6.07) is 26.5. The average Bonchev–Trinajstić information content (AvgIpc) is 3.28. The van der Waals surface area contributed by atoms with E-state index in [1.54, 1.807) is 0 Å². The second-order valence-electron chi connectivity index (χ2n) is 11.7.